The van der Waals surface area contributed by atoms with E-state index in [9.17, 15) is 0 Å². The van der Waals surface area contributed by atoms with Gasteiger partial charge < -0.3 is 9.88 Å². The summed E-state index contributed by atoms with van der Waals surface area (Å²) in [5.74, 6) is 3.13. The summed E-state index contributed by atoms with van der Waals surface area (Å²) in [6, 6.07) is 0.742. The first-order chi connectivity index (χ1) is 10.3. The molecule has 0 unspecified atom stereocenters. The molecule has 3 aliphatic rings. The van der Waals surface area contributed by atoms with Crippen LogP contribution in [0.1, 0.15) is 87.5 Å². The van der Waals surface area contributed by atoms with E-state index in [0.717, 1.165) is 31.0 Å². The van der Waals surface area contributed by atoms with Crippen molar-refractivity contribution in [3.05, 3.63) is 17.2 Å². The molecule has 0 bridgehead atoms. The van der Waals surface area contributed by atoms with Crippen molar-refractivity contribution in [3.8, 4) is 0 Å². The summed E-state index contributed by atoms with van der Waals surface area (Å²) in [4.78, 5) is 5.13. The number of aromatic nitrogens is 2. The van der Waals surface area contributed by atoms with E-state index in [1.807, 2.05) is 0 Å². The Labute approximate surface area is 128 Å². The number of rotatable bonds is 2. The van der Waals surface area contributed by atoms with Crippen molar-refractivity contribution in [2.24, 2.45) is 5.92 Å². The average molecular weight is 287 g/mol. The normalized spacial score (nSPS) is 30.5. The van der Waals surface area contributed by atoms with Crippen LogP contribution >= 0.6 is 0 Å². The fourth-order valence-corrected chi connectivity index (χ4v) is 4.73. The largest absolute Gasteiger partial charge is 0.328 e. The second-order valence-electron chi connectivity index (χ2n) is 7.56. The first-order valence-corrected chi connectivity index (χ1v) is 9.13. The van der Waals surface area contributed by atoms with E-state index in [1.165, 1.54) is 69.3 Å². The van der Waals surface area contributed by atoms with E-state index in [1.54, 1.807) is 5.69 Å². The Morgan fingerprint density at radius 2 is 1.81 bits per heavy atom. The first kappa shape index (κ1) is 13.8. The van der Waals surface area contributed by atoms with Gasteiger partial charge in [0, 0.05) is 37.2 Å². The van der Waals surface area contributed by atoms with Crippen LogP contribution in [0.4, 0.5) is 0 Å². The zero-order valence-corrected chi connectivity index (χ0v) is 13.4. The lowest BCUT2D eigenvalue weighted by atomic mass is 9.86. The molecule has 4 rings (SSSR count). The molecular weight excluding hydrogens is 258 g/mol. The smallest absolute Gasteiger partial charge is 0.112 e. The Kier molecular flexibility index (Phi) is 3.78. The Balaban J connectivity index is 1.70. The van der Waals surface area contributed by atoms with Gasteiger partial charge in [0.25, 0.3) is 0 Å². The van der Waals surface area contributed by atoms with Gasteiger partial charge in [-0.15, -0.1) is 0 Å². The number of fused-ring (bicyclic) bond motifs is 1. The molecule has 0 atom stereocenters. The monoisotopic (exact) mass is 287 g/mol. The molecule has 2 saturated carbocycles. The molecule has 3 heteroatoms. The van der Waals surface area contributed by atoms with E-state index in [-0.39, 0.29) is 0 Å². The van der Waals surface area contributed by atoms with Gasteiger partial charge in [-0.2, -0.15) is 0 Å². The Bertz CT molecular complexity index is 491. The predicted octanol–water partition coefficient (Wildman–Crippen LogP) is 3.94. The summed E-state index contributed by atoms with van der Waals surface area (Å²) in [5, 5.41) is 3.51. The molecule has 1 aromatic rings. The van der Waals surface area contributed by atoms with Gasteiger partial charge in [0.2, 0.25) is 0 Å². The van der Waals surface area contributed by atoms with E-state index in [0.29, 0.717) is 0 Å². The molecule has 116 valence electrons. The molecule has 0 radical (unpaired) electrons. The van der Waals surface area contributed by atoms with Crippen molar-refractivity contribution in [1.29, 1.82) is 0 Å². The highest BCUT2D eigenvalue weighted by molar-refractivity contribution is 5.24. The summed E-state index contributed by atoms with van der Waals surface area (Å²) in [7, 11) is 0. The number of hydrogen-bond acceptors (Lipinski definition) is 2. The predicted molar refractivity (Wildman–Crippen MR) is 85.5 cm³/mol. The lowest BCUT2D eigenvalue weighted by Gasteiger charge is -2.31. The maximum absolute atomic E-state index is 5.13. The van der Waals surface area contributed by atoms with E-state index in [2.05, 4.69) is 16.8 Å². The van der Waals surface area contributed by atoms with Gasteiger partial charge in [-0.3, -0.25) is 0 Å². The number of nitrogens with one attached hydrogen (secondary N) is 1. The van der Waals surface area contributed by atoms with Gasteiger partial charge in [-0.05, 0) is 44.4 Å². The van der Waals surface area contributed by atoms with E-state index in [4.69, 9.17) is 4.98 Å². The molecule has 2 aliphatic carbocycles. The summed E-state index contributed by atoms with van der Waals surface area (Å²) in [6.45, 7) is 4.54. The summed E-state index contributed by atoms with van der Waals surface area (Å²) >= 11 is 0. The van der Waals surface area contributed by atoms with Crippen molar-refractivity contribution in [1.82, 2.24) is 14.9 Å². The minimum atomic E-state index is 0.742. The van der Waals surface area contributed by atoms with Gasteiger partial charge in [0.1, 0.15) is 5.82 Å². The van der Waals surface area contributed by atoms with Gasteiger partial charge in [-0.25, -0.2) is 4.98 Å². The van der Waals surface area contributed by atoms with Crippen LogP contribution in [0.15, 0.2) is 0 Å². The van der Waals surface area contributed by atoms with Crippen LogP contribution in [0.5, 0.6) is 0 Å². The highest BCUT2D eigenvalue weighted by atomic mass is 15.1. The Morgan fingerprint density at radius 3 is 2.57 bits per heavy atom. The molecule has 0 amide bonds. The fourth-order valence-electron chi connectivity index (χ4n) is 4.73. The SMILES string of the molecule is CC1CCC(n2c(C3CCCC3)nc3c2CCNC3)CC1. The second kappa shape index (κ2) is 5.75. The summed E-state index contributed by atoms with van der Waals surface area (Å²) < 4.78 is 2.73. The number of hydrogen-bond donors (Lipinski definition) is 1. The van der Waals surface area contributed by atoms with Crippen LogP contribution in [-0.2, 0) is 13.0 Å². The average Bonchev–Trinajstić information content (AvgIpc) is 3.15. The van der Waals surface area contributed by atoms with Gasteiger partial charge in [0.15, 0.2) is 0 Å². The fraction of sp³-hybridized carbons (Fsp3) is 0.833. The quantitative estimate of drug-likeness (QED) is 0.893. The van der Waals surface area contributed by atoms with Crippen molar-refractivity contribution in [3.63, 3.8) is 0 Å². The first-order valence-electron chi connectivity index (χ1n) is 9.13. The van der Waals surface area contributed by atoms with Crippen molar-refractivity contribution in [2.45, 2.75) is 83.2 Å². The summed E-state index contributed by atoms with van der Waals surface area (Å²) in [6.07, 6.45) is 12.3. The minimum Gasteiger partial charge on any atom is -0.328 e. The minimum absolute atomic E-state index is 0.742. The molecule has 2 fully saturated rings. The maximum atomic E-state index is 5.13. The van der Waals surface area contributed by atoms with Crippen LogP contribution in [-0.4, -0.2) is 16.1 Å². The van der Waals surface area contributed by atoms with Crippen molar-refractivity contribution < 1.29 is 0 Å². The van der Waals surface area contributed by atoms with Crippen molar-refractivity contribution in [2.75, 3.05) is 6.54 Å². The maximum Gasteiger partial charge on any atom is 0.112 e. The molecule has 0 saturated heterocycles. The highest BCUT2D eigenvalue weighted by Gasteiger charge is 2.31. The zero-order chi connectivity index (χ0) is 14.2. The van der Waals surface area contributed by atoms with Gasteiger partial charge in [-0.1, -0.05) is 19.8 Å². The molecule has 21 heavy (non-hydrogen) atoms. The molecule has 3 nitrogen and oxygen atoms in total. The van der Waals surface area contributed by atoms with Crippen LogP contribution in [0, 0.1) is 5.92 Å². The van der Waals surface area contributed by atoms with Crippen LogP contribution in [0.3, 0.4) is 0 Å². The highest BCUT2D eigenvalue weighted by Crippen LogP contribution is 2.40. The van der Waals surface area contributed by atoms with E-state index < -0.39 is 0 Å². The lowest BCUT2D eigenvalue weighted by Crippen LogP contribution is -2.27. The van der Waals surface area contributed by atoms with E-state index >= 15 is 0 Å². The molecular formula is C18H29N3. The van der Waals surface area contributed by atoms with Gasteiger partial charge >= 0.3 is 0 Å². The molecule has 0 aromatic carbocycles. The second-order valence-corrected chi connectivity index (χ2v) is 7.56. The Hall–Kier alpha value is -0.830. The van der Waals surface area contributed by atoms with Crippen LogP contribution in [0.25, 0.3) is 0 Å². The zero-order valence-electron chi connectivity index (χ0n) is 13.4. The molecule has 1 N–H and O–H groups in total. The molecule has 1 aromatic heterocycles. The Morgan fingerprint density at radius 1 is 1.05 bits per heavy atom. The van der Waals surface area contributed by atoms with Crippen LogP contribution < -0.4 is 5.32 Å². The van der Waals surface area contributed by atoms with Gasteiger partial charge in [0.05, 0.1) is 5.69 Å². The number of imidazole rings is 1. The number of nitrogens with zero attached hydrogens (tertiary/aromatic N) is 2. The van der Waals surface area contributed by atoms with Crippen LogP contribution in [0.2, 0.25) is 0 Å². The third-order valence-corrected chi connectivity index (χ3v) is 6.02. The summed E-state index contributed by atoms with van der Waals surface area (Å²) in [5.41, 5.74) is 2.94. The van der Waals surface area contributed by atoms with Crippen molar-refractivity contribution >= 4 is 0 Å². The molecule has 2 heterocycles. The molecule has 0 spiro atoms. The molecule has 1 aliphatic heterocycles. The third-order valence-electron chi connectivity index (χ3n) is 6.02. The lowest BCUT2D eigenvalue weighted by molar-refractivity contribution is 0.277. The standard InChI is InChI=1S/C18H29N3/c1-13-6-8-15(9-7-13)21-17-10-11-19-12-16(17)20-18(21)14-4-2-3-5-14/h13-15,19H,2-12H2,1H3. The topological polar surface area (TPSA) is 29.9 Å². The third kappa shape index (κ3) is 2.54.